The van der Waals surface area contributed by atoms with Gasteiger partial charge in [-0.15, -0.1) is 0 Å². The lowest BCUT2D eigenvalue weighted by Gasteiger charge is -2.24. The number of nitrogens with zero attached hydrogens (tertiary/aromatic N) is 2. The monoisotopic (exact) mass is 610 g/mol. The van der Waals surface area contributed by atoms with Gasteiger partial charge in [-0.25, -0.2) is 9.79 Å². The number of ether oxygens (including phenoxy) is 3. The van der Waals surface area contributed by atoms with Gasteiger partial charge in [0, 0.05) is 5.02 Å². The van der Waals surface area contributed by atoms with Gasteiger partial charge < -0.3 is 14.2 Å². The van der Waals surface area contributed by atoms with E-state index in [9.17, 15) is 9.59 Å². The van der Waals surface area contributed by atoms with E-state index in [4.69, 9.17) is 25.8 Å². The molecule has 1 aromatic heterocycles. The van der Waals surface area contributed by atoms with Gasteiger partial charge >= 0.3 is 5.97 Å². The molecule has 0 unspecified atom stereocenters. The second kappa shape index (κ2) is 11.9. The molecule has 2 heterocycles. The summed E-state index contributed by atoms with van der Waals surface area (Å²) < 4.78 is 18.9. The van der Waals surface area contributed by atoms with Crippen LogP contribution in [0, 0.1) is 0 Å². The molecule has 0 radical (unpaired) electrons. The van der Waals surface area contributed by atoms with Crippen molar-refractivity contribution in [2.24, 2.45) is 4.99 Å². The first-order valence-electron chi connectivity index (χ1n) is 13.5. The molecular formula is C34H27ClN2O5S. The maximum absolute atomic E-state index is 13.8. The molecule has 43 heavy (non-hydrogen) atoms. The fraction of sp³-hybridized carbons (Fsp3) is 0.147. The number of hydrogen-bond acceptors (Lipinski definition) is 7. The molecule has 1 aliphatic rings. The van der Waals surface area contributed by atoms with Crippen LogP contribution >= 0.6 is 22.9 Å². The number of hydrogen-bond donors (Lipinski definition) is 0. The van der Waals surface area contributed by atoms with Crippen molar-refractivity contribution in [3.63, 3.8) is 0 Å². The topological polar surface area (TPSA) is 79.1 Å². The van der Waals surface area contributed by atoms with E-state index >= 15 is 0 Å². The molecule has 7 nitrogen and oxygen atoms in total. The molecule has 1 aliphatic heterocycles. The molecule has 216 valence electrons. The highest BCUT2D eigenvalue weighted by atomic mass is 35.5. The Morgan fingerprint density at radius 3 is 2.53 bits per heavy atom. The normalized spacial score (nSPS) is 14.8. The zero-order valence-electron chi connectivity index (χ0n) is 23.7. The molecule has 0 aliphatic carbocycles. The average molecular weight is 611 g/mol. The van der Waals surface area contributed by atoms with Gasteiger partial charge in [0.1, 0.15) is 6.61 Å². The SMILES string of the molecule is COC(=O)C1=C(C)N=c2s/c(=C\c3ccc(OCc4cccc5ccccc45)c(OC)c3)c(=O)n2[C@H]1c1ccc(Cl)cc1. The molecule has 0 saturated heterocycles. The number of fused-ring (bicyclic) bond motifs is 2. The second-order valence-electron chi connectivity index (χ2n) is 9.96. The van der Waals surface area contributed by atoms with E-state index in [1.807, 2.05) is 42.5 Å². The summed E-state index contributed by atoms with van der Waals surface area (Å²) in [5.41, 5.74) is 3.08. The van der Waals surface area contributed by atoms with Crippen molar-refractivity contribution in [2.45, 2.75) is 19.6 Å². The molecular weight excluding hydrogens is 584 g/mol. The predicted molar refractivity (Wildman–Crippen MR) is 169 cm³/mol. The number of methoxy groups -OCH3 is 2. The minimum absolute atomic E-state index is 0.271. The third-order valence-corrected chi connectivity index (χ3v) is 8.60. The highest BCUT2D eigenvalue weighted by molar-refractivity contribution is 7.07. The number of rotatable bonds is 7. The van der Waals surface area contributed by atoms with Gasteiger partial charge in [0.05, 0.1) is 36.1 Å². The number of benzene rings is 4. The maximum atomic E-state index is 13.8. The first-order chi connectivity index (χ1) is 20.9. The number of thiazole rings is 1. The fourth-order valence-electron chi connectivity index (χ4n) is 5.27. The van der Waals surface area contributed by atoms with Gasteiger partial charge in [0.25, 0.3) is 5.56 Å². The number of carbonyl (C=O) groups excluding carboxylic acids is 1. The number of aromatic nitrogens is 1. The summed E-state index contributed by atoms with van der Waals surface area (Å²) in [6.45, 7) is 2.12. The Kier molecular flexibility index (Phi) is 7.88. The van der Waals surface area contributed by atoms with E-state index in [1.54, 1.807) is 44.4 Å². The summed E-state index contributed by atoms with van der Waals surface area (Å²) in [5.74, 6) is 0.596. The van der Waals surface area contributed by atoms with Crippen molar-refractivity contribution in [3.05, 3.63) is 138 Å². The van der Waals surface area contributed by atoms with Crippen LogP contribution in [0.1, 0.15) is 29.7 Å². The van der Waals surface area contributed by atoms with Gasteiger partial charge in [0.2, 0.25) is 0 Å². The number of halogens is 1. The minimum atomic E-state index is -0.706. The average Bonchev–Trinajstić information content (AvgIpc) is 3.33. The van der Waals surface area contributed by atoms with E-state index in [0.29, 0.717) is 43.7 Å². The van der Waals surface area contributed by atoms with Crippen LogP contribution in [0.2, 0.25) is 5.02 Å². The van der Waals surface area contributed by atoms with Crippen LogP contribution in [0.5, 0.6) is 11.5 Å². The number of carbonyl (C=O) groups is 1. The fourth-order valence-corrected chi connectivity index (χ4v) is 6.44. The quantitative estimate of drug-likeness (QED) is 0.218. The van der Waals surface area contributed by atoms with Gasteiger partial charge in [-0.2, -0.15) is 0 Å². The summed E-state index contributed by atoms with van der Waals surface area (Å²) in [5, 5.41) is 2.84. The van der Waals surface area contributed by atoms with Crippen molar-refractivity contribution in [1.29, 1.82) is 0 Å². The molecule has 0 saturated carbocycles. The highest BCUT2D eigenvalue weighted by Crippen LogP contribution is 2.32. The molecule has 1 atom stereocenters. The van der Waals surface area contributed by atoms with Crippen LogP contribution in [0.25, 0.3) is 16.8 Å². The van der Waals surface area contributed by atoms with Crippen LogP contribution in [0.4, 0.5) is 0 Å². The molecule has 0 fully saturated rings. The van der Waals surface area contributed by atoms with Crippen LogP contribution < -0.4 is 24.4 Å². The van der Waals surface area contributed by atoms with E-state index in [1.165, 1.54) is 23.0 Å². The molecule has 5 aromatic rings. The lowest BCUT2D eigenvalue weighted by Crippen LogP contribution is -2.39. The zero-order chi connectivity index (χ0) is 30.1. The van der Waals surface area contributed by atoms with Crippen molar-refractivity contribution >= 4 is 45.8 Å². The summed E-state index contributed by atoms with van der Waals surface area (Å²) in [4.78, 5) is 31.8. The Hall–Kier alpha value is -4.66. The number of allylic oxidation sites excluding steroid dienone is 1. The van der Waals surface area contributed by atoms with Gasteiger partial charge in [-0.05, 0) is 64.7 Å². The standard InChI is InChI=1S/C34H27ClN2O5S/c1-20-30(33(39)41-3)31(23-12-14-25(35)15-13-23)37-32(38)29(43-34(37)36-20)18-21-11-16-27(28(17-21)40-2)42-19-24-9-6-8-22-7-4-5-10-26(22)24/h4-18,31H,19H2,1-3H3/b29-18-/t31-/m0/s1. The molecule has 4 aromatic carbocycles. The van der Waals surface area contributed by atoms with Crippen molar-refractivity contribution in [3.8, 4) is 11.5 Å². The summed E-state index contributed by atoms with van der Waals surface area (Å²) in [7, 11) is 2.90. The lowest BCUT2D eigenvalue weighted by molar-refractivity contribution is -0.136. The third kappa shape index (κ3) is 5.47. The van der Waals surface area contributed by atoms with Crippen molar-refractivity contribution in [2.75, 3.05) is 14.2 Å². The Morgan fingerprint density at radius 2 is 1.77 bits per heavy atom. The first kappa shape index (κ1) is 28.5. The Morgan fingerprint density at radius 1 is 1.00 bits per heavy atom. The predicted octanol–water partition coefficient (Wildman–Crippen LogP) is 5.80. The van der Waals surface area contributed by atoms with E-state index in [-0.39, 0.29) is 5.56 Å². The maximum Gasteiger partial charge on any atom is 0.338 e. The summed E-state index contributed by atoms with van der Waals surface area (Å²) in [6.07, 6.45) is 1.79. The first-order valence-corrected chi connectivity index (χ1v) is 14.7. The number of esters is 1. The lowest BCUT2D eigenvalue weighted by atomic mass is 9.96. The molecule has 9 heteroatoms. The molecule has 0 N–H and O–H groups in total. The van der Waals surface area contributed by atoms with E-state index < -0.39 is 12.0 Å². The Bertz CT molecular complexity index is 2070. The molecule has 0 amide bonds. The van der Waals surface area contributed by atoms with Crippen LogP contribution in [-0.4, -0.2) is 24.8 Å². The van der Waals surface area contributed by atoms with Gasteiger partial charge in [-0.1, -0.05) is 83.6 Å². The summed E-state index contributed by atoms with van der Waals surface area (Å²) >= 11 is 7.38. The summed E-state index contributed by atoms with van der Waals surface area (Å²) in [6, 6.07) is 26.2. The molecule has 6 rings (SSSR count). The molecule has 0 bridgehead atoms. The highest BCUT2D eigenvalue weighted by Gasteiger charge is 2.33. The smallest absolute Gasteiger partial charge is 0.338 e. The van der Waals surface area contributed by atoms with E-state index in [2.05, 4.69) is 23.2 Å². The van der Waals surface area contributed by atoms with Gasteiger partial charge in [0.15, 0.2) is 16.3 Å². The minimum Gasteiger partial charge on any atom is -0.493 e. The third-order valence-electron chi connectivity index (χ3n) is 7.36. The van der Waals surface area contributed by atoms with Crippen LogP contribution in [-0.2, 0) is 16.1 Å². The van der Waals surface area contributed by atoms with Crippen LogP contribution in [0.15, 0.2) is 106 Å². The van der Waals surface area contributed by atoms with Crippen LogP contribution in [0.3, 0.4) is 0 Å². The van der Waals surface area contributed by atoms with Crippen molar-refractivity contribution < 1.29 is 19.0 Å². The largest absolute Gasteiger partial charge is 0.493 e. The second-order valence-corrected chi connectivity index (χ2v) is 11.4. The van der Waals surface area contributed by atoms with E-state index in [0.717, 1.165) is 27.5 Å². The molecule has 0 spiro atoms. The van der Waals surface area contributed by atoms with Crippen molar-refractivity contribution in [1.82, 2.24) is 4.57 Å². The Balaban J connectivity index is 1.36. The van der Waals surface area contributed by atoms with Gasteiger partial charge in [-0.3, -0.25) is 9.36 Å². The Labute approximate surface area is 256 Å². The zero-order valence-corrected chi connectivity index (χ0v) is 25.2.